The number of fused-ring (bicyclic) bond motifs is 3. The van der Waals surface area contributed by atoms with E-state index in [1.165, 1.54) is 29.9 Å². The summed E-state index contributed by atoms with van der Waals surface area (Å²) in [6.45, 7) is 0. The van der Waals surface area contributed by atoms with Crippen molar-refractivity contribution < 1.29 is 0 Å². The molecule has 1 aliphatic rings. The molecule has 0 amide bonds. The highest BCUT2D eigenvalue weighted by Crippen LogP contribution is 2.31. The summed E-state index contributed by atoms with van der Waals surface area (Å²) in [7, 11) is 0. The van der Waals surface area contributed by atoms with Crippen molar-refractivity contribution in [1.29, 1.82) is 0 Å². The molecule has 0 saturated carbocycles. The lowest BCUT2D eigenvalue weighted by Crippen LogP contribution is -2.12. The smallest absolute Gasteiger partial charge is 0.254 e. The minimum absolute atomic E-state index is 0.681. The summed E-state index contributed by atoms with van der Waals surface area (Å²) < 4.78 is 2.87. The Morgan fingerprint density at radius 1 is 1.16 bits per heavy atom. The second-order valence-electron chi connectivity index (χ2n) is 4.70. The van der Waals surface area contributed by atoms with Gasteiger partial charge in [-0.3, -0.25) is 4.40 Å². The molecular weight excluding hydrogens is 280 g/mol. The van der Waals surface area contributed by atoms with Crippen molar-refractivity contribution in [3.63, 3.8) is 0 Å². The Labute approximate surface area is 119 Å². The van der Waals surface area contributed by atoms with Crippen molar-refractivity contribution in [2.75, 3.05) is 0 Å². The number of hydrogen-bond donors (Lipinski definition) is 0. The van der Waals surface area contributed by atoms with E-state index in [9.17, 15) is 0 Å². The number of hydrogen-bond acceptors (Lipinski definition) is 4. The lowest BCUT2D eigenvalue weighted by molar-refractivity contribution is 0.627. The molecule has 0 atom stereocenters. The molecule has 6 heteroatoms. The summed E-state index contributed by atoms with van der Waals surface area (Å²) in [6, 6.07) is 3.89. The van der Waals surface area contributed by atoms with Crippen LogP contribution in [0.2, 0.25) is 4.34 Å². The first-order valence-electron chi connectivity index (χ1n) is 6.30. The molecule has 0 unspecified atom stereocenters. The van der Waals surface area contributed by atoms with Crippen molar-refractivity contribution >= 4 is 28.7 Å². The van der Waals surface area contributed by atoms with E-state index in [2.05, 4.69) is 25.8 Å². The van der Waals surface area contributed by atoms with E-state index in [0.29, 0.717) is 5.78 Å². The molecule has 0 spiro atoms. The average molecular weight is 291 g/mol. The highest BCUT2D eigenvalue weighted by molar-refractivity contribution is 7.19. The molecule has 0 bridgehead atoms. The molecule has 0 radical (unpaired) electrons. The fourth-order valence-electron chi connectivity index (χ4n) is 2.56. The topological polar surface area (TPSA) is 43.1 Å². The second-order valence-corrected chi connectivity index (χ2v) is 6.42. The Kier molecular flexibility index (Phi) is 2.56. The van der Waals surface area contributed by atoms with Gasteiger partial charge in [0.15, 0.2) is 0 Å². The van der Waals surface area contributed by atoms with Crippen molar-refractivity contribution in [2.45, 2.75) is 25.7 Å². The molecule has 0 aliphatic heterocycles. The average Bonchev–Trinajstić information content (AvgIpc) is 3.04. The molecular formula is C13H11ClN4S. The maximum atomic E-state index is 5.98. The normalized spacial score (nSPS) is 14.8. The van der Waals surface area contributed by atoms with Gasteiger partial charge in [-0.25, -0.2) is 4.98 Å². The molecule has 0 fully saturated rings. The van der Waals surface area contributed by atoms with Gasteiger partial charge in [-0.1, -0.05) is 11.6 Å². The third kappa shape index (κ3) is 1.84. The molecule has 3 aromatic rings. The summed E-state index contributed by atoms with van der Waals surface area (Å²) in [6.07, 6.45) is 6.55. The van der Waals surface area contributed by atoms with Gasteiger partial charge in [-0.15, -0.1) is 16.4 Å². The van der Waals surface area contributed by atoms with Crippen LogP contribution in [-0.4, -0.2) is 19.6 Å². The van der Waals surface area contributed by atoms with E-state index in [1.807, 2.05) is 12.1 Å². The van der Waals surface area contributed by atoms with Crippen LogP contribution in [0.5, 0.6) is 0 Å². The highest BCUT2D eigenvalue weighted by atomic mass is 35.5. The zero-order valence-corrected chi connectivity index (χ0v) is 11.7. The van der Waals surface area contributed by atoms with Crippen LogP contribution in [0.1, 0.15) is 24.2 Å². The Balaban J connectivity index is 1.91. The van der Waals surface area contributed by atoms with Crippen LogP contribution >= 0.6 is 22.9 Å². The van der Waals surface area contributed by atoms with E-state index in [4.69, 9.17) is 11.6 Å². The molecule has 19 heavy (non-hydrogen) atoms. The molecule has 4 nitrogen and oxygen atoms in total. The Morgan fingerprint density at radius 3 is 2.89 bits per heavy atom. The number of thiophene rings is 1. The lowest BCUT2D eigenvalue weighted by atomic mass is 10.0. The van der Waals surface area contributed by atoms with Crippen LogP contribution in [0.25, 0.3) is 16.3 Å². The number of rotatable bonds is 1. The third-order valence-electron chi connectivity index (χ3n) is 3.47. The summed E-state index contributed by atoms with van der Waals surface area (Å²) in [5.41, 5.74) is 3.30. The van der Waals surface area contributed by atoms with Crippen LogP contribution < -0.4 is 0 Å². The van der Waals surface area contributed by atoms with Crippen LogP contribution in [0.3, 0.4) is 0 Å². The van der Waals surface area contributed by atoms with E-state index in [-0.39, 0.29) is 0 Å². The molecule has 0 aromatic carbocycles. The SMILES string of the molecule is Clc1ccc(-c2cn3c4c(nnc3n2)CCCC4)s1. The van der Waals surface area contributed by atoms with E-state index < -0.39 is 0 Å². The van der Waals surface area contributed by atoms with Crippen molar-refractivity contribution in [1.82, 2.24) is 19.6 Å². The van der Waals surface area contributed by atoms with Gasteiger partial charge < -0.3 is 0 Å². The largest absolute Gasteiger partial charge is 0.284 e. The number of halogens is 1. The number of nitrogens with zero attached hydrogens (tertiary/aromatic N) is 4. The maximum Gasteiger partial charge on any atom is 0.254 e. The molecule has 0 saturated heterocycles. The van der Waals surface area contributed by atoms with E-state index >= 15 is 0 Å². The van der Waals surface area contributed by atoms with Crippen LogP contribution in [0.4, 0.5) is 0 Å². The first kappa shape index (κ1) is 11.4. The quantitative estimate of drug-likeness (QED) is 0.690. The predicted molar refractivity (Wildman–Crippen MR) is 75.7 cm³/mol. The third-order valence-corrected chi connectivity index (χ3v) is 4.73. The van der Waals surface area contributed by atoms with Gasteiger partial charge in [0.2, 0.25) is 0 Å². The van der Waals surface area contributed by atoms with Crippen LogP contribution in [0.15, 0.2) is 18.3 Å². The van der Waals surface area contributed by atoms with Crippen LogP contribution in [-0.2, 0) is 12.8 Å². The summed E-state index contributed by atoms with van der Waals surface area (Å²) in [5, 5.41) is 8.52. The Hall–Kier alpha value is -1.46. The molecule has 4 rings (SSSR count). The van der Waals surface area contributed by atoms with Gasteiger partial charge in [0.25, 0.3) is 5.78 Å². The van der Waals surface area contributed by atoms with E-state index in [0.717, 1.165) is 33.4 Å². The van der Waals surface area contributed by atoms with Gasteiger partial charge in [-0.05, 0) is 37.8 Å². The van der Waals surface area contributed by atoms with Gasteiger partial charge in [-0.2, -0.15) is 5.10 Å². The van der Waals surface area contributed by atoms with Gasteiger partial charge >= 0.3 is 0 Å². The fourth-order valence-corrected chi connectivity index (χ4v) is 3.55. The predicted octanol–water partition coefficient (Wildman–Crippen LogP) is 3.39. The monoisotopic (exact) mass is 290 g/mol. The first-order valence-corrected chi connectivity index (χ1v) is 7.50. The maximum absolute atomic E-state index is 5.98. The number of imidazole rings is 1. The highest BCUT2D eigenvalue weighted by Gasteiger charge is 2.17. The van der Waals surface area contributed by atoms with E-state index in [1.54, 1.807) is 0 Å². The van der Waals surface area contributed by atoms with Gasteiger partial charge in [0, 0.05) is 11.9 Å². The van der Waals surface area contributed by atoms with Crippen molar-refractivity contribution in [3.8, 4) is 10.6 Å². The first-order chi connectivity index (χ1) is 9.31. The molecule has 96 valence electrons. The van der Waals surface area contributed by atoms with Crippen molar-refractivity contribution in [2.24, 2.45) is 0 Å². The standard InChI is InChI=1S/C13H11ClN4S/c14-12-6-5-11(19-12)9-7-18-10-4-2-1-3-8(10)16-17-13(18)15-9/h5-7H,1-4H2. The molecule has 1 aliphatic carbocycles. The zero-order chi connectivity index (χ0) is 12.8. The van der Waals surface area contributed by atoms with Crippen LogP contribution in [0, 0.1) is 0 Å². The molecule has 3 aromatic heterocycles. The van der Waals surface area contributed by atoms with Gasteiger partial charge in [0.1, 0.15) is 5.69 Å². The fraction of sp³-hybridized carbons (Fsp3) is 0.308. The van der Waals surface area contributed by atoms with Crippen molar-refractivity contribution in [3.05, 3.63) is 34.1 Å². The zero-order valence-electron chi connectivity index (χ0n) is 10.1. The Bertz CT molecular complexity index is 761. The molecule has 3 heterocycles. The minimum Gasteiger partial charge on any atom is -0.284 e. The summed E-state index contributed by atoms with van der Waals surface area (Å²) >= 11 is 7.52. The Morgan fingerprint density at radius 2 is 2.05 bits per heavy atom. The minimum atomic E-state index is 0.681. The lowest BCUT2D eigenvalue weighted by Gasteiger charge is -2.14. The number of aromatic nitrogens is 4. The molecule has 0 N–H and O–H groups in total. The number of aryl methyl sites for hydroxylation is 2. The summed E-state index contributed by atoms with van der Waals surface area (Å²) in [4.78, 5) is 5.62. The van der Waals surface area contributed by atoms with Gasteiger partial charge in [0.05, 0.1) is 14.9 Å². The summed E-state index contributed by atoms with van der Waals surface area (Å²) in [5.74, 6) is 0.681. The second kappa shape index (κ2) is 4.28.